The minimum Gasteiger partial charge on any atom is -0.465 e. The zero-order chi connectivity index (χ0) is 18.0. The summed E-state index contributed by atoms with van der Waals surface area (Å²) in [4.78, 5) is 12.8. The minimum atomic E-state index is -0.327. The van der Waals surface area contributed by atoms with Gasteiger partial charge in [-0.3, -0.25) is 0 Å². The number of esters is 1. The number of benzene rings is 2. The van der Waals surface area contributed by atoms with Gasteiger partial charge in [0.05, 0.1) is 19.3 Å². The van der Waals surface area contributed by atoms with E-state index in [4.69, 9.17) is 4.74 Å². The lowest BCUT2D eigenvalue weighted by molar-refractivity contribution is 0.0600. The molecular weight excluding hydrogens is 332 g/mol. The van der Waals surface area contributed by atoms with Crippen molar-refractivity contribution in [2.45, 2.75) is 24.2 Å². The summed E-state index contributed by atoms with van der Waals surface area (Å²) in [5.74, 6) is 0.590. The lowest BCUT2D eigenvalue weighted by Crippen LogP contribution is -2.26. The largest absolute Gasteiger partial charge is 0.465 e. The number of hydrogen-bond acceptors (Lipinski definition) is 4. The van der Waals surface area contributed by atoms with Crippen LogP contribution in [0.1, 0.15) is 40.9 Å². The second-order valence-electron chi connectivity index (χ2n) is 6.66. The number of aliphatic hydroxyl groups excluding tert-OH is 1. The van der Waals surface area contributed by atoms with Crippen LogP contribution in [-0.4, -0.2) is 30.5 Å². The van der Waals surface area contributed by atoms with Crippen LogP contribution in [0.4, 0.5) is 0 Å². The van der Waals surface area contributed by atoms with Crippen LogP contribution in [0.5, 0.6) is 0 Å². The molecule has 0 bridgehead atoms. The minimum absolute atomic E-state index is 0.161. The molecule has 0 amide bonds. The predicted octanol–water partition coefficient (Wildman–Crippen LogP) is 4.39. The molecule has 1 heterocycles. The molecular formula is C21H22O3S. The Kier molecular flexibility index (Phi) is 5.02. The predicted molar refractivity (Wildman–Crippen MR) is 103 cm³/mol. The van der Waals surface area contributed by atoms with Gasteiger partial charge in [-0.2, -0.15) is 0 Å². The third-order valence-corrected chi connectivity index (χ3v) is 6.14. The lowest BCUT2D eigenvalue weighted by Gasteiger charge is -2.21. The summed E-state index contributed by atoms with van der Waals surface area (Å²) in [7, 11) is 1.38. The normalized spacial score (nSPS) is 19.6. The third kappa shape index (κ3) is 3.51. The highest BCUT2D eigenvalue weighted by atomic mass is 32.2. The van der Waals surface area contributed by atoms with Crippen molar-refractivity contribution in [3.05, 3.63) is 64.7 Å². The van der Waals surface area contributed by atoms with Gasteiger partial charge in [0, 0.05) is 16.1 Å². The first-order valence-electron chi connectivity index (χ1n) is 8.22. The molecule has 0 saturated heterocycles. The van der Waals surface area contributed by atoms with Crippen LogP contribution >= 0.6 is 11.8 Å². The molecule has 130 valence electrons. The van der Waals surface area contributed by atoms with Crippen LogP contribution in [0.3, 0.4) is 0 Å². The Hall–Kier alpha value is -2.04. The van der Waals surface area contributed by atoms with Gasteiger partial charge in [-0.15, -0.1) is 11.8 Å². The Morgan fingerprint density at radius 3 is 2.56 bits per heavy atom. The van der Waals surface area contributed by atoms with E-state index in [1.807, 2.05) is 12.1 Å². The van der Waals surface area contributed by atoms with Crippen molar-refractivity contribution in [1.82, 2.24) is 0 Å². The first kappa shape index (κ1) is 17.8. The molecule has 0 fully saturated rings. The molecule has 2 aromatic rings. The highest BCUT2D eigenvalue weighted by Gasteiger charge is 2.34. The molecule has 1 unspecified atom stereocenters. The van der Waals surface area contributed by atoms with Crippen molar-refractivity contribution in [1.29, 1.82) is 0 Å². The fourth-order valence-corrected chi connectivity index (χ4v) is 4.33. The molecule has 3 nitrogen and oxygen atoms in total. The summed E-state index contributed by atoms with van der Waals surface area (Å²) < 4.78 is 4.72. The first-order valence-corrected chi connectivity index (χ1v) is 9.20. The summed E-state index contributed by atoms with van der Waals surface area (Å²) in [5, 5.41) is 9.76. The van der Waals surface area contributed by atoms with Gasteiger partial charge in [-0.05, 0) is 53.5 Å². The molecule has 1 N–H and O–H groups in total. The number of ether oxygens (including phenoxy) is 1. The Bertz CT molecular complexity index is 824. The van der Waals surface area contributed by atoms with Gasteiger partial charge in [0.1, 0.15) is 0 Å². The molecule has 1 atom stereocenters. The number of aliphatic hydroxyl groups is 1. The quantitative estimate of drug-likeness (QED) is 0.653. The first-order chi connectivity index (χ1) is 12.0. The Morgan fingerprint density at radius 1 is 1.24 bits per heavy atom. The van der Waals surface area contributed by atoms with Gasteiger partial charge in [0.25, 0.3) is 0 Å². The van der Waals surface area contributed by atoms with Crippen LogP contribution in [-0.2, 0) is 10.2 Å². The van der Waals surface area contributed by atoms with Crippen molar-refractivity contribution in [2.24, 2.45) is 0 Å². The fraction of sp³-hybridized carbons (Fsp3) is 0.286. The van der Waals surface area contributed by atoms with E-state index in [1.165, 1.54) is 17.6 Å². The Balaban J connectivity index is 1.88. The number of carbonyl (C=O) groups is 1. The van der Waals surface area contributed by atoms with E-state index in [-0.39, 0.29) is 18.0 Å². The topological polar surface area (TPSA) is 46.5 Å². The number of hydrogen-bond donors (Lipinski definition) is 1. The van der Waals surface area contributed by atoms with Crippen LogP contribution in [0.15, 0.2) is 47.4 Å². The number of methoxy groups -OCH3 is 1. The van der Waals surface area contributed by atoms with Gasteiger partial charge in [-0.25, -0.2) is 4.79 Å². The molecule has 0 spiro atoms. The van der Waals surface area contributed by atoms with E-state index < -0.39 is 0 Å². The second-order valence-corrected chi connectivity index (χ2v) is 7.68. The third-order valence-electron chi connectivity index (χ3n) is 4.70. The lowest BCUT2D eigenvalue weighted by atomic mass is 9.84. The molecule has 0 aromatic heterocycles. The second kappa shape index (κ2) is 7.06. The highest BCUT2D eigenvalue weighted by Crippen LogP contribution is 2.44. The van der Waals surface area contributed by atoms with E-state index in [0.29, 0.717) is 5.56 Å². The maximum Gasteiger partial charge on any atom is 0.337 e. The molecule has 0 radical (unpaired) electrons. The van der Waals surface area contributed by atoms with Crippen molar-refractivity contribution in [3.8, 4) is 0 Å². The van der Waals surface area contributed by atoms with Crippen molar-refractivity contribution in [2.75, 3.05) is 19.5 Å². The summed E-state index contributed by atoms with van der Waals surface area (Å²) in [6.07, 6.45) is 2.10. The number of fused-ring (bicyclic) bond motifs is 1. The molecule has 2 aromatic carbocycles. The highest BCUT2D eigenvalue weighted by molar-refractivity contribution is 7.99. The van der Waals surface area contributed by atoms with Gasteiger partial charge in [-0.1, -0.05) is 31.2 Å². The smallest absolute Gasteiger partial charge is 0.337 e. The number of allylic oxidation sites excluding steroid dienone is 1. The van der Waals surface area contributed by atoms with Gasteiger partial charge in [0.2, 0.25) is 0 Å². The van der Waals surface area contributed by atoms with E-state index in [0.717, 1.165) is 22.5 Å². The average Bonchev–Trinajstić information content (AvgIpc) is 2.98. The maximum atomic E-state index is 11.5. The van der Waals surface area contributed by atoms with Crippen molar-refractivity contribution in [3.63, 3.8) is 0 Å². The van der Waals surface area contributed by atoms with Crippen LogP contribution < -0.4 is 0 Å². The number of carbonyl (C=O) groups excluding carboxylic acids is 1. The monoisotopic (exact) mass is 354 g/mol. The van der Waals surface area contributed by atoms with E-state index in [9.17, 15) is 9.90 Å². The van der Waals surface area contributed by atoms with Crippen LogP contribution in [0.25, 0.3) is 11.6 Å². The van der Waals surface area contributed by atoms with Crippen molar-refractivity contribution >= 4 is 29.4 Å². The van der Waals surface area contributed by atoms with Gasteiger partial charge in [0.15, 0.2) is 0 Å². The van der Waals surface area contributed by atoms with Crippen LogP contribution in [0.2, 0.25) is 0 Å². The zero-order valence-corrected chi connectivity index (χ0v) is 15.5. The summed E-state index contributed by atoms with van der Waals surface area (Å²) >= 11 is 1.81. The number of thioether (sulfide) groups is 1. The summed E-state index contributed by atoms with van der Waals surface area (Å²) in [5.41, 5.74) is 4.93. The van der Waals surface area contributed by atoms with E-state index in [1.54, 1.807) is 23.9 Å². The molecule has 0 aliphatic carbocycles. The van der Waals surface area contributed by atoms with Crippen molar-refractivity contribution < 1.29 is 14.6 Å². The Morgan fingerprint density at radius 2 is 1.92 bits per heavy atom. The standard InChI is InChI=1S/C21H22O3S/c1-14(10-15-4-6-16(7-5-15)20(23)24-3)17-8-9-19-18(11-17)21(2,12-22)13-25-19/h4-11,22H,12-13H2,1-3H3/b14-10+. The molecule has 4 heteroatoms. The summed E-state index contributed by atoms with van der Waals surface area (Å²) in [6.45, 7) is 4.35. The SMILES string of the molecule is COC(=O)c1ccc(/C=C(\C)c2ccc3c(c2)C(C)(CO)CS3)cc1. The molecule has 1 aliphatic heterocycles. The number of rotatable bonds is 4. The van der Waals surface area contributed by atoms with E-state index >= 15 is 0 Å². The molecule has 1 aliphatic rings. The average molecular weight is 354 g/mol. The van der Waals surface area contributed by atoms with Gasteiger partial charge < -0.3 is 9.84 Å². The fourth-order valence-electron chi connectivity index (χ4n) is 2.99. The maximum absolute atomic E-state index is 11.5. The Labute approximate surface area is 152 Å². The summed E-state index contributed by atoms with van der Waals surface area (Å²) in [6, 6.07) is 13.8. The van der Waals surface area contributed by atoms with Gasteiger partial charge >= 0.3 is 5.97 Å². The molecule has 25 heavy (non-hydrogen) atoms. The molecule has 0 saturated carbocycles. The van der Waals surface area contributed by atoms with Crippen LogP contribution in [0, 0.1) is 0 Å². The van der Waals surface area contributed by atoms with E-state index in [2.05, 4.69) is 38.1 Å². The molecule has 3 rings (SSSR count). The zero-order valence-electron chi connectivity index (χ0n) is 14.7.